The van der Waals surface area contributed by atoms with Crippen LogP contribution in [0.3, 0.4) is 0 Å². The SMILES string of the molecule is c1ccc(-n2c3ccccc3c3cc(-c4ccc5c(c4)c4cc(-n6c7ccccc7c7ccccc76)ccc4n5-c4cnccn4)ccc32)cc1. The molecule has 0 fully saturated rings. The van der Waals surface area contributed by atoms with Crippen molar-refractivity contribution in [1.29, 1.82) is 0 Å². The molecule has 0 bridgehead atoms. The van der Waals surface area contributed by atoms with Crippen LogP contribution in [-0.4, -0.2) is 23.7 Å². The van der Waals surface area contributed by atoms with Crippen molar-refractivity contribution in [3.8, 4) is 28.3 Å². The number of fused-ring (bicyclic) bond motifs is 9. The third-order valence-corrected chi connectivity index (χ3v) is 10.4. The van der Waals surface area contributed by atoms with Crippen LogP contribution in [0.25, 0.3) is 93.7 Å². The van der Waals surface area contributed by atoms with Crippen molar-refractivity contribution in [2.75, 3.05) is 0 Å². The van der Waals surface area contributed by atoms with Crippen LogP contribution < -0.4 is 0 Å². The molecule has 11 aromatic rings. The maximum absolute atomic E-state index is 4.74. The van der Waals surface area contributed by atoms with Crippen molar-refractivity contribution in [1.82, 2.24) is 23.7 Å². The Labute approximate surface area is 292 Å². The van der Waals surface area contributed by atoms with E-state index in [0.717, 1.165) is 28.2 Å². The van der Waals surface area contributed by atoms with Crippen molar-refractivity contribution in [2.45, 2.75) is 0 Å². The number of benzene rings is 7. The van der Waals surface area contributed by atoms with E-state index < -0.39 is 0 Å². The van der Waals surface area contributed by atoms with E-state index in [1.807, 2.05) is 6.20 Å². The van der Waals surface area contributed by atoms with E-state index in [2.05, 4.69) is 176 Å². The summed E-state index contributed by atoms with van der Waals surface area (Å²) in [4.78, 5) is 9.17. The molecule has 4 aromatic heterocycles. The fourth-order valence-corrected chi connectivity index (χ4v) is 8.19. The minimum atomic E-state index is 0.796. The van der Waals surface area contributed by atoms with Crippen molar-refractivity contribution in [3.05, 3.63) is 176 Å². The van der Waals surface area contributed by atoms with Gasteiger partial charge in [0.2, 0.25) is 0 Å². The largest absolute Gasteiger partial charge is 0.309 e. The van der Waals surface area contributed by atoms with Crippen LogP contribution in [-0.2, 0) is 0 Å². The van der Waals surface area contributed by atoms with Gasteiger partial charge >= 0.3 is 0 Å². The first-order valence-electron chi connectivity index (χ1n) is 17.2. The van der Waals surface area contributed by atoms with E-state index in [9.17, 15) is 0 Å². The molecule has 0 atom stereocenters. The highest BCUT2D eigenvalue weighted by atomic mass is 15.1. The topological polar surface area (TPSA) is 40.6 Å². The molecule has 0 saturated carbocycles. The normalized spacial score (nSPS) is 11.9. The van der Waals surface area contributed by atoms with E-state index in [4.69, 9.17) is 4.98 Å². The van der Waals surface area contributed by atoms with Gasteiger partial charge in [0.1, 0.15) is 0 Å². The molecule has 0 unspecified atom stereocenters. The highest BCUT2D eigenvalue weighted by Gasteiger charge is 2.18. The number of aromatic nitrogens is 5. The minimum absolute atomic E-state index is 0.796. The van der Waals surface area contributed by atoms with Gasteiger partial charge in [0.05, 0.1) is 39.3 Å². The Kier molecular flexibility index (Phi) is 5.89. The van der Waals surface area contributed by atoms with Gasteiger partial charge in [0, 0.05) is 56.1 Å². The van der Waals surface area contributed by atoms with Gasteiger partial charge in [-0.15, -0.1) is 0 Å². The quantitative estimate of drug-likeness (QED) is 0.190. The van der Waals surface area contributed by atoms with Gasteiger partial charge in [-0.1, -0.05) is 84.9 Å². The molecular formula is C46H29N5. The Hall–Kier alpha value is -6.98. The fourth-order valence-electron chi connectivity index (χ4n) is 8.19. The van der Waals surface area contributed by atoms with E-state index in [-0.39, 0.29) is 0 Å². The molecule has 0 aliphatic heterocycles. The Balaban J connectivity index is 1.16. The molecule has 0 N–H and O–H groups in total. The predicted molar refractivity (Wildman–Crippen MR) is 210 cm³/mol. The van der Waals surface area contributed by atoms with Gasteiger partial charge in [-0.05, 0) is 83.9 Å². The highest BCUT2D eigenvalue weighted by Crippen LogP contribution is 2.40. The summed E-state index contributed by atoms with van der Waals surface area (Å²) in [6.07, 6.45) is 5.32. The Morgan fingerprint density at radius 1 is 0.333 bits per heavy atom. The minimum Gasteiger partial charge on any atom is -0.309 e. The second-order valence-corrected chi connectivity index (χ2v) is 13.1. The van der Waals surface area contributed by atoms with Gasteiger partial charge in [-0.3, -0.25) is 9.55 Å². The molecule has 5 heteroatoms. The average molecular weight is 652 g/mol. The van der Waals surface area contributed by atoms with Gasteiger partial charge in [-0.2, -0.15) is 0 Å². The van der Waals surface area contributed by atoms with Gasteiger partial charge in [0.25, 0.3) is 0 Å². The summed E-state index contributed by atoms with van der Waals surface area (Å²) in [5.41, 5.74) is 11.6. The predicted octanol–water partition coefficient (Wildman–Crippen LogP) is 11.4. The molecule has 0 saturated heterocycles. The average Bonchev–Trinajstić information content (AvgIpc) is 3.83. The standard InChI is InChI=1S/C46H29N5/c1-2-10-32(11-3-1)49-42-17-9-6-14-36(42)37-26-30(18-21-43(37)49)31-19-22-44-38(27-31)39-28-33(20-23-45(39)51(44)46-29-47-24-25-48-46)50-40-15-7-4-12-34(40)35-13-5-8-16-41(35)50/h1-29H. The molecule has 11 rings (SSSR count). The van der Waals surface area contributed by atoms with Gasteiger partial charge in [-0.25, -0.2) is 4.98 Å². The first-order valence-corrected chi connectivity index (χ1v) is 17.2. The van der Waals surface area contributed by atoms with Crippen LogP contribution in [0.4, 0.5) is 0 Å². The first-order chi connectivity index (χ1) is 25.3. The van der Waals surface area contributed by atoms with Crippen molar-refractivity contribution >= 4 is 65.4 Å². The maximum atomic E-state index is 4.74. The molecule has 0 aliphatic rings. The lowest BCUT2D eigenvalue weighted by Gasteiger charge is -2.09. The lowest BCUT2D eigenvalue weighted by atomic mass is 10.0. The number of hydrogen-bond donors (Lipinski definition) is 0. The van der Waals surface area contributed by atoms with E-state index in [0.29, 0.717) is 0 Å². The third kappa shape index (κ3) is 4.09. The van der Waals surface area contributed by atoms with Crippen LogP contribution in [0, 0.1) is 0 Å². The molecule has 5 nitrogen and oxygen atoms in total. The summed E-state index contributed by atoms with van der Waals surface area (Å²) < 4.78 is 6.98. The summed E-state index contributed by atoms with van der Waals surface area (Å²) in [5.74, 6) is 0.796. The van der Waals surface area contributed by atoms with Crippen molar-refractivity contribution in [2.24, 2.45) is 0 Å². The second-order valence-electron chi connectivity index (χ2n) is 13.1. The van der Waals surface area contributed by atoms with E-state index in [1.54, 1.807) is 12.4 Å². The maximum Gasteiger partial charge on any atom is 0.156 e. The molecule has 7 aromatic carbocycles. The number of nitrogens with zero attached hydrogens (tertiary/aromatic N) is 5. The number of hydrogen-bond acceptors (Lipinski definition) is 2. The van der Waals surface area contributed by atoms with E-state index >= 15 is 0 Å². The number of rotatable bonds is 4. The van der Waals surface area contributed by atoms with E-state index in [1.165, 1.54) is 65.5 Å². The Bertz CT molecular complexity index is 3080. The molecule has 0 spiro atoms. The monoisotopic (exact) mass is 651 g/mol. The zero-order valence-corrected chi connectivity index (χ0v) is 27.5. The van der Waals surface area contributed by atoms with Crippen LogP contribution in [0.5, 0.6) is 0 Å². The molecule has 51 heavy (non-hydrogen) atoms. The smallest absolute Gasteiger partial charge is 0.156 e. The fraction of sp³-hybridized carbons (Fsp3) is 0. The summed E-state index contributed by atoms with van der Waals surface area (Å²) in [7, 11) is 0. The highest BCUT2D eigenvalue weighted by molar-refractivity contribution is 6.14. The molecule has 0 radical (unpaired) electrons. The lowest BCUT2D eigenvalue weighted by molar-refractivity contribution is 1.04. The summed E-state index contributed by atoms with van der Waals surface area (Å²) in [6, 6.07) is 57.1. The Morgan fingerprint density at radius 2 is 0.804 bits per heavy atom. The molecule has 0 aliphatic carbocycles. The lowest BCUT2D eigenvalue weighted by Crippen LogP contribution is -1.98. The van der Waals surface area contributed by atoms with Crippen LogP contribution in [0.15, 0.2) is 176 Å². The molecule has 4 heterocycles. The van der Waals surface area contributed by atoms with Crippen LogP contribution >= 0.6 is 0 Å². The third-order valence-electron chi connectivity index (χ3n) is 10.4. The van der Waals surface area contributed by atoms with Crippen LogP contribution in [0.2, 0.25) is 0 Å². The Morgan fingerprint density at radius 3 is 1.41 bits per heavy atom. The van der Waals surface area contributed by atoms with Gasteiger partial charge in [0.15, 0.2) is 5.82 Å². The summed E-state index contributed by atoms with van der Waals surface area (Å²) in [6.45, 7) is 0. The summed E-state index contributed by atoms with van der Waals surface area (Å²) in [5, 5.41) is 7.32. The summed E-state index contributed by atoms with van der Waals surface area (Å²) >= 11 is 0. The molecular weight excluding hydrogens is 623 g/mol. The zero-order valence-electron chi connectivity index (χ0n) is 27.5. The van der Waals surface area contributed by atoms with Gasteiger partial charge < -0.3 is 9.13 Å². The molecule has 0 amide bonds. The second kappa shape index (κ2) is 10.8. The first kappa shape index (κ1) is 27.9. The van der Waals surface area contributed by atoms with Crippen LogP contribution in [0.1, 0.15) is 0 Å². The number of para-hydroxylation sites is 4. The van der Waals surface area contributed by atoms with Crippen molar-refractivity contribution < 1.29 is 0 Å². The molecule has 238 valence electrons. The zero-order chi connectivity index (χ0) is 33.5. The van der Waals surface area contributed by atoms with Crippen molar-refractivity contribution in [3.63, 3.8) is 0 Å².